The van der Waals surface area contributed by atoms with E-state index in [1.807, 2.05) is 17.5 Å². The summed E-state index contributed by atoms with van der Waals surface area (Å²) >= 11 is 1.45. The van der Waals surface area contributed by atoms with E-state index in [0.29, 0.717) is 19.3 Å². The molecule has 4 heteroatoms. The maximum atomic E-state index is 11.5. The minimum absolute atomic E-state index is 0.0102. The molecule has 0 radical (unpaired) electrons. The lowest BCUT2D eigenvalue weighted by Gasteiger charge is -1.98. The van der Waals surface area contributed by atoms with E-state index in [4.69, 9.17) is 0 Å². The van der Waals surface area contributed by atoms with Crippen molar-refractivity contribution >= 4 is 23.0 Å². The van der Waals surface area contributed by atoms with Crippen molar-refractivity contribution in [3.05, 3.63) is 22.4 Å². The lowest BCUT2D eigenvalue weighted by atomic mass is 10.1. The van der Waals surface area contributed by atoms with Crippen LogP contribution in [0.5, 0.6) is 0 Å². The van der Waals surface area contributed by atoms with E-state index in [-0.39, 0.29) is 11.7 Å². The monoisotopic (exact) mass is 211 g/mol. The summed E-state index contributed by atoms with van der Waals surface area (Å²) in [4.78, 5) is 23.1. The fraction of sp³-hybridized carbons (Fsp3) is 0.400. The number of nitrogens with one attached hydrogen (secondary N) is 1. The Labute approximate surface area is 87.1 Å². The molecule has 1 aromatic rings. The molecular formula is C10H13NO2S. The van der Waals surface area contributed by atoms with Crippen LogP contribution in [0.1, 0.15) is 28.9 Å². The van der Waals surface area contributed by atoms with E-state index in [9.17, 15) is 9.59 Å². The second kappa shape index (κ2) is 5.54. The summed E-state index contributed by atoms with van der Waals surface area (Å²) in [5.74, 6) is 0.118. The summed E-state index contributed by atoms with van der Waals surface area (Å²) in [5, 5.41) is 4.41. The lowest BCUT2D eigenvalue weighted by Crippen LogP contribution is -2.17. The van der Waals surface area contributed by atoms with Crippen LogP contribution in [0.25, 0.3) is 0 Å². The first-order valence-electron chi connectivity index (χ1n) is 4.51. The number of thiophene rings is 1. The molecule has 3 nitrogen and oxygen atoms in total. The van der Waals surface area contributed by atoms with Crippen molar-refractivity contribution in [2.45, 2.75) is 19.3 Å². The van der Waals surface area contributed by atoms with Crippen molar-refractivity contribution in [3.8, 4) is 0 Å². The Morgan fingerprint density at radius 3 is 2.79 bits per heavy atom. The molecule has 1 heterocycles. The van der Waals surface area contributed by atoms with Crippen LogP contribution in [0.2, 0.25) is 0 Å². The Balaban J connectivity index is 2.26. The quantitative estimate of drug-likeness (QED) is 0.755. The molecular weight excluding hydrogens is 198 g/mol. The topological polar surface area (TPSA) is 46.2 Å². The Hall–Kier alpha value is -1.16. The highest BCUT2D eigenvalue weighted by atomic mass is 32.1. The van der Waals surface area contributed by atoms with Gasteiger partial charge in [-0.05, 0) is 17.9 Å². The maximum absolute atomic E-state index is 11.5. The van der Waals surface area contributed by atoms with Crippen molar-refractivity contribution in [3.63, 3.8) is 0 Å². The number of amides is 1. The van der Waals surface area contributed by atoms with E-state index < -0.39 is 0 Å². The largest absolute Gasteiger partial charge is 0.359 e. The molecule has 0 unspecified atom stereocenters. The van der Waals surface area contributed by atoms with E-state index in [2.05, 4.69) is 5.32 Å². The highest BCUT2D eigenvalue weighted by molar-refractivity contribution is 7.12. The summed E-state index contributed by atoms with van der Waals surface area (Å²) in [6, 6.07) is 3.67. The highest BCUT2D eigenvalue weighted by Gasteiger charge is 2.07. The van der Waals surface area contributed by atoms with Crippen molar-refractivity contribution in [1.29, 1.82) is 0 Å². The average Bonchev–Trinajstić information content (AvgIpc) is 2.70. The van der Waals surface area contributed by atoms with E-state index in [1.54, 1.807) is 7.05 Å². The van der Waals surface area contributed by atoms with Gasteiger partial charge in [-0.15, -0.1) is 11.3 Å². The van der Waals surface area contributed by atoms with Gasteiger partial charge in [-0.2, -0.15) is 0 Å². The van der Waals surface area contributed by atoms with Gasteiger partial charge in [0.15, 0.2) is 5.78 Å². The minimum Gasteiger partial charge on any atom is -0.359 e. The first kappa shape index (κ1) is 10.9. The van der Waals surface area contributed by atoms with Crippen molar-refractivity contribution < 1.29 is 9.59 Å². The van der Waals surface area contributed by atoms with Gasteiger partial charge in [0, 0.05) is 19.9 Å². The van der Waals surface area contributed by atoms with E-state index in [0.717, 1.165) is 4.88 Å². The smallest absolute Gasteiger partial charge is 0.219 e. The average molecular weight is 211 g/mol. The van der Waals surface area contributed by atoms with Crippen LogP contribution in [-0.4, -0.2) is 18.7 Å². The minimum atomic E-state index is -0.0102. The summed E-state index contributed by atoms with van der Waals surface area (Å²) in [6.07, 6.45) is 1.50. The standard InChI is InChI=1S/C10H13NO2S/c1-11-10(13)6-2-4-8(12)9-5-3-7-14-9/h3,5,7H,2,4,6H2,1H3,(H,11,13). The molecule has 0 aromatic carbocycles. The van der Waals surface area contributed by atoms with Crippen molar-refractivity contribution in [2.24, 2.45) is 0 Å². The van der Waals surface area contributed by atoms with Gasteiger partial charge in [0.1, 0.15) is 0 Å². The molecule has 0 saturated carbocycles. The second-order valence-corrected chi connectivity index (χ2v) is 3.87. The van der Waals surface area contributed by atoms with Crippen molar-refractivity contribution in [2.75, 3.05) is 7.05 Å². The highest BCUT2D eigenvalue weighted by Crippen LogP contribution is 2.12. The zero-order chi connectivity index (χ0) is 10.4. The lowest BCUT2D eigenvalue weighted by molar-refractivity contribution is -0.120. The van der Waals surface area contributed by atoms with Gasteiger partial charge in [-0.25, -0.2) is 0 Å². The number of hydrogen-bond acceptors (Lipinski definition) is 3. The third kappa shape index (κ3) is 3.30. The number of hydrogen-bond donors (Lipinski definition) is 1. The van der Waals surface area contributed by atoms with Gasteiger partial charge in [0.05, 0.1) is 4.88 Å². The van der Waals surface area contributed by atoms with E-state index >= 15 is 0 Å². The van der Waals surface area contributed by atoms with Crippen LogP contribution in [0.15, 0.2) is 17.5 Å². The zero-order valence-corrected chi connectivity index (χ0v) is 8.89. The Morgan fingerprint density at radius 2 is 2.21 bits per heavy atom. The Morgan fingerprint density at radius 1 is 1.43 bits per heavy atom. The second-order valence-electron chi connectivity index (χ2n) is 2.93. The van der Waals surface area contributed by atoms with Crippen LogP contribution < -0.4 is 5.32 Å². The predicted molar refractivity (Wildman–Crippen MR) is 56.6 cm³/mol. The molecule has 0 aliphatic carbocycles. The molecule has 1 rings (SSSR count). The molecule has 0 bridgehead atoms. The normalized spacial score (nSPS) is 9.79. The van der Waals surface area contributed by atoms with E-state index in [1.165, 1.54) is 11.3 Å². The van der Waals surface area contributed by atoms with Gasteiger partial charge >= 0.3 is 0 Å². The molecule has 0 spiro atoms. The van der Waals surface area contributed by atoms with Crippen LogP contribution in [0.3, 0.4) is 0 Å². The number of ketones is 1. The first-order valence-corrected chi connectivity index (χ1v) is 5.39. The fourth-order valence-electron chi connectivity index (χ4n) is 1.09. The maximum Gasteiger partial charge on any atom is 0.219 e. The third-order valence-electron chi connectivity index (χ3n) is 1.88. The van der Waals surface area contributed by atoms with Gasteiger partial charge in [0.2, 0.25) is 5.91 Å². The molecule has 0 atom stereocenters. The first-order chi connectivity index (χ1) is 6.74. The molecule has 0 saturated heterocycles. The Kier molecular flexibility index (Phi) is 4.32. The molecule has 0 fully saturated rings. The molecule has 1 N–H and O–H groups in total. The molecule has 1 aromatic heterocycles. The molecule has 1 amide bonds. The van der Waals surface area contributed by atoms with Gasteiger partial charge in [-0.3, -0.25) is 9.59 Å². The molecule has 76 valence electrons. The van der Waals surface area contributed by atoms with Crippen LogP contribution >= 0.6 is 11.3 Å². The number of carbonyl (C=O) groups is 2. The summed E-state index contributed by atoms with van der Waals surface area (Å²) in [5.41, 5.74) is 0. The van der Waals surface area contributed by atoms with Crippen LogP contribution in [-0.2, 0) is 4.79 Å². The summed E-state index contributed by atoms with van der Waals surface area (Å²) < 4.78 is 0. The molecule has 0 aliphatic heterocycles. The van der Waals surface area contributed by atoms with Gasteiger partial charge in [0.25, 0.3) is 0 Å². The molecule has 14 heavy (non-hydrogen) atoms. The summed E-state index contributed by atoms with van der Waals surface area (Å²) in [6.45, 7) is 0. The van der Waals surface area contributed by atoms with Crippen LogP contribution in [0.4, 0.5) is 0 Å². The van der Waals surface area contributed by atoms with Gasteiger partial charge < -0.3 is 5.32 Å². The van der Waals surface area contributed by atoms with Gasteiger partial charge in [-0.1, -0.05) is 6.07 Å². The summed E-state index contributed by atoms with van der Waals surface area (Å²) in [7, 11) is 1.60. The van der Waals surface area contributed by atoms with Crippen molar-refractivity contribution in [1.82, 2.24) is 5.32 Å². The number of rotatable bonds is 5. The third-order valence-corrected chi connectivity index (χ3v) is 2.79. The number of Topliss-reactive ketones (excluding diaryl/α,β-unsaturated/α-hetero) is 1. The Bertz CT molecular complexity index is 306. The zero-order valence-electron chi connectivity index (χ0n) is 8.08. The number of carbonyl (C=O) groups excluding carboxylic acids is 2. The SMILES string of the molecule is CNC(=O)CCCC(=O)c1cccs1. The molecule has 0 aliphatic rings. The van der Waals surface area contributed by atoms with Crippen LogP contribution in [0, 0.1) is 0 Å². The fourth-order valence-corrected chi connectivity index (χ4v) is 1.79. The predicted octanol–water partition coefficient (Wildman–Crippen LogP) is 1.85.